The summed E-state index contributed by atoms with van der Waals surface area (Å²) in [5, 5.41) is 0. The molecule has 2 heteroatoms. The van der Waals surface area contributed by atoms with Gasteiger partial charge in [-0.2, -0.15) is 0 Å². The van der Waals surface area contributed by atoms with Crippen LogP contribution in [0.3, 0.4) is 0 Å². The van der Waals surface area contributed by atoms with Gasteiger partial charge < -0.3 is 0 Å². The van der Waals surface area contributed by atoms with Crippen LogP contribution in [0.2, 0.25) is 0 Å². The van der Waals surface area contributed by atoms with E-state index in [2.05, 4.69) is 54.0 Å². The fraction of sp³-hybridized carbons (Fsp3) is 0.571. The summed E-state index contributed by atoms with van der Waals surface area (Å²) in [6, 6.07) is 11.5. The van der Waals surface area contributed by atoms with Gasteiger partial charge in [0.2, 0.25) is 0 Å². The molecule has 0 spiro atoms. The second kappa shape index (κ2) is 5.46. The largest absolute Gasteiger partial charge is 0.298 e. The van der Waals surface area contributed by atoms with Crippen molar-refractivity contribution in [3.63, 3.8) is 0 Å². The maximum atomic E-state index is 2.56. The van der Waals surface area contributed by atoms with Crippen LogP contribution in [0, 0.1) is 0 Å². The molecule has 1 aliphatic heterocycles. The van der Waals surface area contributed by atoms with E-state index in [4.69, 9.17) is 0 Å². The lowest BCUT2D eigenvalue weighted by atomic mass is 10.2. The maximum Gasteiger partial charge on any atom is 0.0234 e. The number of piperazine rings is 1. The smallest absolute Gasteiger partial charge is 0.0234 e. The van der Waals surface area contributed by atoms with Gasteiger partial charge in [-0.1, -0.05) is 30.3 Å². The first-order valence-corrected chi connectivity index (χ1v) is 6.26. The molecule has 88 valence electrons. The Balaban J connectivity index is 1.82. The third kappa shape index (κ3) is 3.06. The molecule has 0 N–H and O–H groups in total. The van der Waals surface area contributed by atoms with Crippen molar-refractivity contribution in [1.82, 2.24) is 9.80 Å². The van der Waals surface area contributed by atoms with Crippen molar-refractivity contribution >= 4 is 0 Å². The van der Waals surface area contributed by atoms with E-state index < -0.39 is 0 Å². The molecule has 1 heterocycles. The minimum atomic E-state index is 0.693. The summed E-state index contributed by atoms with van der Waals surface area (Å²) in [5.74, 6) is 0. The van der Waals surface area contributed by atoms with E-state index in [1.165, 1.54) is 31.7 Å². The molecule has 1 saturated heterocycles. The minimum Gasteiger partial charge on any atom is -0.298 e. The van der Waals surface area contributed by atoms with E-state index in [1.54, 1.807) is 0 Å². The molecule has 0 bridgehead atoms. The fourth-order valence-corrected chi connectivity index (χ4v) is 2.28. The van der Waals surface area contributed by atoms with Gasteiger partial charge in [-0.05, 0) is 19.4 Å². The number of hydrogen-bond acceptors (Lipinski definition) is 2. The molecular weight excluding hydrogens is 196 g/mol. The van der Waals surface area contributed by atoms with Gasteiger partial charge in [0.1, 0.15) is 0 Å². The zero-order valence-electron chi connectivity index (χ0n) is 10.4. The molecule has 0 saturated carbocycles. The highest BCUT2D eigenvalue weighted by molar-refractivity contribution is 5.14. The average molecular weight is 218 g/mol. The summed E-state index contributed by atoms with van der Waals surface area (Å²) in [6.07, 6.45) is 0. The highest BCUT2D eigenvalue weighted by Gasteiger charge is 2.18. The summed E-state index contributed by atoms with van der Waals surface area (Å²) < 4.78 is 0. The molecule has 0 aliphatic carbocycles. The van der Waals surface area contributed by atoms with Crippen molar-refractivity contribution in [2.45, 2.75) is 26.4 Å². The molecule has 0 amide bonds. The first-order valence-electron chi connectivity index (χ1n) is 6.26. The second-order valence-corrected chi connectivity index (χ2v) is 4.89. The number of hydrogen-bond donors (Lipinski definition) is 0. The molecule has 0 aromatic heterocycles. The SMILES string of the molecule is CC(C)N1CCN(Cc2ccccc2)CC1. The molecule has 0 unspecified atom stereocenters. The van der Waals surface area contributed by atoms with Gasteiger partial charge in [-0.3, -0.25) is 9.80 Å². The van der Waals surface area contributed by atoms with Crippen molar-refractivity contribution in [3.8, 4) is 0 Å². The van der Waals surface area contributed by atoms with Crippen LogP contribution in [-0.2, 0) is 6.54 Å². The van der Waals surface area contributed by atoms with E-state index in [0.717, 1.165) is 6.54 Å². The zero-order chi connectivity index (χ0) is 11.4. The van der Waals surface area contributed by atoms with E-state index in [9.17, 15) is 0 Å². The van der Waals surface area contributed by atoms with E-state index in [-0.39, 0.29) is 0 Å². The minimum absolute atomic E-state index is 0.693. The second-order valence-electron chi connectivity index (χ2n) is 4.89. The molecule has 2 rings (SSSR count). The average Bonchev–Trinajstić information content (AvgIpc) is 2.31. The lowest BCUT2D eigenvalue weighted by Gasteiger charge is -2.36. The van der Waals surface area contributed by atoms with Gasteiger partial charge in [0.15, 0.2) is 0 Å². The van der Waals surface area contributed by atoms with Crippen molar-refractivity contribution < 1.29 is 0 Å². The molecule has 0 atom stereocenters. The first kappa shape index (κ1) is 11.6. The van der Waals surface area contributed by atoms with Crippen LogP contribution in [0.4, 0.5) is 0 Å². The highest BCUT2D eigenvalue weighted by atomic mass is 15.3. The quantitative estimate of drug-likeness (QED) is 0.767. The lowest BCUT2D eigenvalue weighted by molar-refractivity contribution is 0.104. The zero-order valence-corrected chi connectivity index (χ0v) is 10.4. The summed E-state index contributed by atoms with van der Waals surface area (Å²) >= 11 is 0. The Bertz CT molecular complexity index is 300. The molecule has 0 radical (unpaired) electrons. The van der Waals surface area contributed by atoms with Crippen LogP contribution in [0.5, 0.6) is 0 Å². The van der Waals surface area contributed by atoms with Crippen LogP contribution in [0.1, 0.15) is 19.4 Å². The van der Waals surface area contributed by atoms with Gasteiger partial charge in [-0.15, -0.1) is 0 Å². The topological polar surface area (TPSA) is 6.48 Å². The van der Waals surface area contributed by atoms with Gasteiger partial charge in [0.05, 0.1) is 0 Å². The summed E-state index contributed by atoms with van der Waals surface area (Å²) in [4.78, 5) is 5.11. The van der Waals surface area contributed by atoms with E-state index >= 15 is 0 Å². The maximum absolute atomic E-state index is 2.56. The normalized spacial score (nSPS) is 19.2. The van der Waals surface area contributed by atoms with Crippen LogP contribution in [0.25, 0.3) is 0 Å². The Morgan fingerprint density at radius 1 is 1.00 bits per heavy atom. The fourth-order valence-electron chi connectivity index (χ4n) is 2.28. The Kier molecular flexibility index (Phi) is 3.97. The molecule has 1 aliphatic rings. The third-order valence-corrected chi connectivity index (χ3v) is 3.39. The molecule has 1 aromatic rings. The van der Waals surface area contributed by atoms with Gasteiger partial charge in [0.25, 0.3) is 0 Å². The van der Waals surface area contributed by atoms with E-state index in [1.807, 2.05) is 0 Å². The molecule has 1 fully saturated rings. The van der Waals surface area contributed by atoms with Gasteiger partial charge in [0, 0.05) is 38.8 Å². The number of nitrogens with zero attached hydrogens (tertiary/aromatic N) is 2. The van der Waals surface area contributed by atoms with Crippen molar-refractivity contribution in [1.29, 1.82) is 0 Å². The molecule has 16 heavy (non-hydrogen) atoms. The van der Waals surface area contributed by atoms with Crippen LogP contribution in [0.15, 0.2) is 30.3 Å². The van der Waals surface area contributed by atoms with Crippen LogP contribution in [-0.4, -0.2) is 42.0 Å². The first-order chi connectivity index (χ1) is 7.75. The monoisotopic (exact) mass is 218 g/mol. The van der Waals surface area contributed by atoms with Crippen molar-refractivity contribution in [2.24, 2.45) is 0 Å². The Morgan fingerprint density at radius 2 is 1.62 bits per heavy atom. The Labute approximate surface area is 98.9 Å². The summed E-state index contributed by atoms with van der Waals surface area (Å²) in [5.41, 5.74) is 1.43. The predicted molar refractivity (Wildman–Crippen MR) is 68.4 cm³/mol. The summed E-state index contributed by atoms with van der Waals surface area (Å²) in [6.45, 7) is 10.5. The molecule has 1 aromatic carbocycles. The van der Waals surface area contributed by atoms with Crippen molar-refractivity contribution in [2.75, 3.05) is 26.2 Å². The Hall–Kier alpha value is -0.860. The van der Waals surface area contributed by atoms with E-state index in [0.29, 0.717) is 6.04 Å². The summed E-state index contributed by atoms with van der Waals surface area (Å²) in [7, 11) is 0. The van der Waals surface area contributed by atoms with Crippen LogP contribution < -0.4 is 0 Å². The van der Waals surface area contributed by atoms with Crippen LogP contribution >= 0.6 is 0 Å². The predicted octanol–water partition coefficient (Wildman–Crippen LogP) is 2.21. The number of rotatable bonds is 3. The molecular formula is C14H22N2. The Morgan fingerprint density at radius 3 is 2.19 bits per heavy atom. The third-order valence-electron chi connectivity index (χ3n) is 3.39. The lowest BCUT2D eigenvalue weighted by Crippen LogP contribution is -2.48. The number of benzene rings is 1. The standard InChI is InChI=1S/C14H22N2/c1-13(2)16-10-8-15(9-11-16)12-14-6-4-3-5-7-14/h3-7,13H,8-12H2,1-2H3. The highest BCUT2D eigenvalue weighted by Crippen LogP contribution is 2.09. The molecule has 2 nitrogen and oxygen atoms in total. The van der Waals surface area contributed by atoms with Crippen molar-refractivity contribution in [3.05, 3.63) is 35.9 Å². The van der Waals surface area contributed by atoms with Gasteiger partial charge in [-0.25, -0.2) is 0 Å². The van der Waals surface area contributed by atoms with Gasteiger partial charge >= 0.3 is 0 Å².